The van der Waals surface area contributed by atoms with E-state index in [1.807, 2.05) is 6.07 Å². The predicted octanol–water partition coefficient (Wildman–Crippen LogP) is 1.28. The van der Waals surface area contributed by atoms with Gasteiger partial charge < -0.3 is 14.8 Å². The molecule has 1 aliphatic carbocycles. The van der Waals surface area contributed by atoms with Crippen molar-refractivity contribution in [1.82, 2.24) is 15.2 Å². The first-order valence-corrected chi connectivity index (χ1v) is 7.34. The molecule has 0 spiro atoms. The lowest BCUT2D eigenvalue weighted by Crippen LogP contribution is -2.51. The number of pyridine rings is 1. The highest BCUT2D eigenvalue weighted by Gasteiger charge is 2.36. The quantitative estimate of drug-likeness (QED) is 0.878. The fourth-order valence-corrected chi connectivity index (χ4v) is 3.07. The Morgan fingerprint density at radius 1 is 1.35 bits per heavy atom. The van der Waals surface area contributed by atoms with Crippen LogP contribution in [0, 0.1) is 5.92 Å². The van der Waals surface area contributed by atoms with Crippen LogP contribution in [0.25, 0.3) is 0 Å². The third kappa shape index (κ3) is 2.74. The van der Waals surface area contributed by atoms with Crippen molar-refractivity contribution in [3.05, 3.63) is 18.0 Å². The van der Waals surface area contributed by atoms with Gasteiger partial charge in [0.25, 0.3) is 0 Å². The fraction of sp³-hybridized carbons (Fsp3) is 0.667. The molecule has 1 unspecified atom stereocenters. The Bertz CT molecular complexity index is 462. The summed E-state index contributed by atoms with van der Waals surface area (Å²) in [7, 11) is 3.35. The monoisotopic (exact) mass is 277 g/mol. The zero-order valence-corrected chi connectivity index (χ0v) is 12.3. The van der Waals surface area contributed by atoms with Crippen LogP contribution in [0.1, 0.15) is 18.5 Å². The van der Waals surface area contributed by atoms with Crippen LogP contribution in [0.3, 0.4) is 0 Å². The van der Waals surface area contributed by atoms with Gasteiger partial charge in [-0.05, 0) is 18.8 Å². The van der Waals surface area contributed by atoms with Crippen molar-refractivity contribution in [2.45, 2.75) is 25.4 Å². The Morgan fingerprint density at radius 3 is 2.90 bits per heavy atom. The van der Waals surface area contributed by atoms with Gasteiger partial charge in [0.05, 0.1) is 14.2 Å². The van der Waals surface area contributed by atoms with Crippen molar-refractivity contribution in [1.29, 1.82) is 0 Å². The topological polar surface area (TPSA) is 46.6 Å². The standard InChI is InChI=1S/C15H23N3O2/c1-19-14-5-6-17-12(15(14)20-2)10-18-8-7-16-9-13(18)11-3-4-11/h5-6,11,13,16H,3-4,7-10H2,1-2H3. The highest BCUT2D eigenvalue weighted by Crippen LogP contribution is 2.37. The fourth-order valence-electron chi connectivity index (χ4n) is 3.07. The number of aromatic nitrogens is 1. The summed E-state index contributed by atoms with van der Waals surface area (Å²) in [5.74, 6) is 2.39. The molecule has 0 bridgehead atoms. The number of methoxy groups -OCH3 is 2. The Balaban J connectivity index is 1.78. The third-order valence-corrected chi connectivity index (χ3v) is 4.28. The van der Waals surface area contributed by atoms with E-state index in [4.69, 9.17) is 9.47 Å². The van der Waals surface area contributed by atoms with Crippen LogP contribution in [0.2, 0.25) is 0 Å². The van der Waals surface area contributed by atoms with Gasteiger partial charge in [0.15, 0.2) is 11.5 Å². The van der Waals surface area contributed by atoms with Crippen LogP contribution in [0.4, 0.5) is 0 Å². The van der Waals surface area contributed by atoms with Crippen LogP contribution >= 0.6 is 0 Å². The molecular weight excluding hydrogens is 254 g/mol. The van der Waals surface area contributed by atoms with E-state index in [2.05, 4.69) is 15.2 Å². The van der Waals surface area contributed by atoms with Gasteiger partial charge in [-0.15, -0.1) is 0 Å². The zero-order chi connectivity index (χ0) is 13.9. The van der Waals surface area contributed by atoms with Gasteiger partial charge in [-0.3, -0.25) is 9.88 Å². The molecule has 0 radical (unpaired) electrons. The molecule has 2 aliphatic rings. The predicted molar refractivity (Wildman–Crippen MR) is 77.1 cm³/mol. The highest BCUT2D eigenvalue weighted by atomic mass is 16.5. The summed E-state index contributed by atoms with van der Waals surface area (Å²) in [6.45, 7) is 4.05. The number of piperazine rings is 1. The largest absolute Gasteiger partial charge is 0.493 e. The maximum absolute atomic E-state index is 5.49. The average molecular weight is 277 g/mol. The molecule has 0 amide bonds. The molecular formula is C15H23N3O2. The van der Waals surface area contributed by atoms with E-state index >= 15 is 0 Å². The van der Waals surface area contributed by atoms with E-state index in [0.29, 0.717) is 6.04 Å². The lowest BCUT2D eigenvalue weighted by Gasteiger charge is -2.36. The van der Waals surface area contributed by atoms with Crippen molar-refractivity contribution in [3.63, 3.8) is 0 Å². The van der Waals surface area contributed by atoms with Gasteiger partial charge in [-0.1, -0.05) is 0 Å². The van der Waals surface area contributed by atoms with Gasteiger partial charge in [0.1, 0.15) is 5.69 Å². The van der Waals surface area contributed by atoms with E-state index in [0.717, 1.165) is 49.3 Å². The van der Waals surface area contributed by atoms with Gasteiger partial charge in [-0.2, -0.15) is 0 Å². The number of hydrogen-bond donors (Lipinski definition) is 1. The molecule has 20 heavy (non-hydrogen) atoms. The smallest absolute Gasteiger partial charge is 0.183 e. The van der Waals surface area contributed by atoms with Gasteiger partial charge in [-0.25, -0.2) is 0 Å². The summed E-state index contributed by atoms with van der Waals surface area (Å²) in [5, 5.41) is 3.51. The van der Waals surface area contributed by atoms with Crippen LogP contribution in [-0.4, -0.2) is 49.8 Å². The SMILES string of the molecule is COc1ccnc(CN2CCNCC2C2CC2)c1OC. The molecule has 110 valence electrons. The van der Waals surface area contributed by atoms with Crippen molar-refractivity contribution in [2.24, 2.45) is 5.92 Å². The molecule has 1 aromatic heterocycles. The third-order valence-electron chi connectivity index (χ3n) is 4.28. The molecule has 5 nitrogen and oxygen atoms in total. The molecule has 2 heterocycles. The lowest BCUT2D eigenvalue weighted by atomic mass is 10.1. The summed E-state index contributed by atoms with van der Waals surface area (Å²) >= 11 is 0. The Hall–Kier alpha value is -1.33. The summed E-state index contributed by atoms with van der Waals surface area (Å²) in [5.41, 5.74) is 0.972. The second-order valence-corrected chi connectivity index (χ2v) is 5.57. The lowest BCUT2D eigenvalue weighted by molar-refractivity contribution is 0.132. The maximum Gasteiger partial charge on any atom is 0.183 e. The van der Waals surface area contributed by atoms with E-state index in [9.17, 15) is 0 Å². The Labute approximate surface area is 120 Å². The number of rotatable bonds is 5. The summed E-state index contributed by atoms with van der Waals surface area (Å²) in [6, 6.07) is 2.49. The molecule has 0 aromatic carbocycles. The number of nitrogens with zero attached hydrogens (tertiary/aromatic N) is 2. The van der Waals surface area contributed by atoms with Crippen LogP contribution in [0.5, 0.6) is 11.5 Å². The van der Waals surface area contributed by atoms with Crippen molar-refractivity contribution < 1.29 is 9.47 Å². The molecule has 1 saturated heterocycles. The normalized spacial score (nSPS) is 23.6. The summed E-state index contributed by atoms with van der Waals surface area (Å²) < 4.78 is 10.8. The first kappa shape index (κ1) is 13.6. The Kier molecular flexibility index (Phi) is 4.08. The molecule has 1 atom stereocenters. The summed E-state index contributed by atoms with van der Waals surface area (Å²) in [6.07, 6.45) is 4.53. The van der Waals surface area contributed by atoms with Crippen molar-refractivity contribution in [2.75, 3.05) is 33.9 Å². The van der Waals surface area contributed by atoms with E-state index in [1.54, 1.807) is 20.4 Å². The number of nitrogens with one attached hydrogen (secondary N) is 1. The summed E-state index contributed by atoms with van der Waals surface area (Å²) in [4.78, 5) is 7.04. The highest BCUT2D eigenvalue weighted by molar-refractivity contribution is 5.42. The average Bonchev–Trinajstić information content (AvgIpc) is 3.32. The molecule has 1 N–H and O–H groups in total. The van der Waals surface area contributed by atoms with Crippen LogP contribution < -0.4 is 14.8 Å². The molecule has 1 aliphatic heterocycles. The van der Waals surface area contributed by atoms with Crippen molar-refractivity contribution in [3.8, 4) is 11.5 Å². The molecule has 5 heteroatoms. The van der Waals surface area contributed by atoms with Crippen LogP contribution in [-0.2, 0) is 6.54 Å². The van der Waals surface area contributed by atoms with E-state index in [1.165, 1.54) is 12.8 Å². The minimum atomic E-state index is 0.640. The molecule has 2 fully saturated rings. The molecule has 3 rings (SSSR count). The Morgan fingerprint density at radius 2 is 2.20 bits per heavy atom. The maximum atomic E-state index is 5.49. The minimum Gasteiger partial charge on any atom is -0.493 e. The second kappa shape index (κ2) is 5.97. The number of hydrogen-bond acceptors (Lipinski definition) is 5. The number of ether oxygens (including phenoxy) is 2. The second-order valence-electron chi connectivity index (χ2n) is 5.57. The van der Waals surface area contributed by atoms with Gasteiger partial charge in [0, 0.05) is 44.5 Å². The first-order chi connectivity index (χ1) is 9.83. The van der Waals surface area contributed by atoms with E-state index in [-0.39, 0.29) is 0 Å². The van der Waals surface area contributed by atoms with E-state index < -0.39 is 0 Å². The first-order valence-electron chi connectivity index (χ1n) is 7.34. The zero-order valence-electron chi connectivity index (χ0n) is 12.3. The molecule has 1 aromatic rings. The van der Waals surface area contributed by atoms with Crippen molar-refractivity contribution >= 4 is 0 Å². The van der Waals surface area contributed by atoms with Gasteiger partial charge >= 0.3 is 0 Å². The molecule has 1 saturated carbocycles. The minimum absolute atomic E-state index is 0.640. The van der Waals surface area contributed by atoms with Crippen LogP contribution in [0.15, 0.2) is 12.3 Å². The van der Waals surface area contributed by atoms with Gasteiger partial charge in [0.2, 0.25) is 0 Å².